The van der Waals surface area contributed by atoms with Gasteiger partial charge < -0.3 is 10.2 Å². The highest BCUT2D eigenvalue weighted by molar-refractivity contribution is 5.66. The van der Waals surface area contributed by atoms with Crippen LogP contribution in [0.5, 0.6) is 0 Å². The van der Waals surface area contributed by atoms with E-state index in [1.54, 1.807) is 6.92 Å². The standard InChI is InChI=1S/C15H23NO3/c1-10-7-6-8-12(9-10)13(17)11(2)16(14(18)19)15(3,4)5/h6-9,11,13,17H,1-5H3,(H,18,19)/t11-,13-/m0/s1. The second-order valence-electron chi connectivity index (χ2n) is 5.92. The molecule has 1 rings (SSSR count). The van der Waals surface area contributed by atoms with E-state index in [4.69, 9.17) is 0 Å². The third-order valence-electron chi connectivity index (χ3n) is 3.18. The third kappa shape index (κ3) is 3.70. The SMILES string of the molecule is Cc1cccc([C@@H](O)[C@H](C)N(C(=O)O)C(C)(C)C)c1. The molecule has 0 saturated carbocycles. The van der Waals surface area contributed by atoms with Gasteiger partial charge in [0.2, 0.25) is 0 Å². The van der Waals surface area contributed by atoms with Gasteiger partial charge in [-0.2, -0.15) is 0 Å². The first-order chi connectivity index (χ1) is 8.64. The van der Waals surface area contributed by atoms with E-state index in [1.165, 1.54) is 4.90 Å². The van der Waals surface area contributed by atoms with E-state index in [9.17, 15) is 15.0 Å². The zero-order chi connectivity index (χ0) is 14.8. The summed E-state index contributed by atoms with van der Waals surface area (Å²) < 4.78 is 0. The van der Waals surface area contributed by atoms with E-state index in [2.05, 4.69) is 0 Å². The smallest absolute Gasteiger partial charge is 0.408 e. The van der Waals surface area contributed by atoms with Crippen molar-refractivity contribution in [3.63, 3.8) is 0 Å². The molecule has 1 amide bonds. The lowest BCUT2D eigenvalue weighted by Crippen LogP contribution is -2.52. The van der Waals surface area contributed by atoms with Crippen LogP contribution in [0.1, 0.15) is 44.9 Å². The zero-order valence-electron chi connectivity index (χ0n) is 12.2. The van der Waals surface area contributed by atoms with Crippen LogP contribution >= 0.6 is 0 Å². The lowest BCUT2D eigenvalue weighted by Gasteiger charge is -2.40. The van der Waals surface area contributed by atoms with E-state index in [1.807, 2.05) is 52.0 Å². The van der Waals surface area contributed by atoms with Crippen LogP contribution < -0.4 is 0 Å². The van der Waals surface area contributed by atoms with Crippen LogP contribution in [-0.2, 0) is 0 Å². The molecule has 0 aliphatic rings. The maximum Gasteiger partial charge on any atom is 0.408 e. The van der Waals surface area contributed by atoms with Gasteiger partial charge in [-0.1, -0.05) is 29.8 Å². The van der Waals surface area contributed by atoms with Crippen molar-refractivity contribution in [1.29, 1.82) is 0 Å². The monoisotopic (exact) mass is 265 g/mol. The Morgan fingerprint density at radius 2 is 1.89 bits per heavy atom. The Bertz CT molecular complexity index is 451. The minimum absolute atomic E-state index is 0.515. The van der Waals surface area contributed by atoms with Gasteiger partial charge in [-0.15, -0.1) is 0 Å². The maximum atomic E-state index is 11.4. The van der Waals surface area contributed by atoms with Gasteiger partial charge in [0.1, 0.15) is 0 Å². The Morgan fingerprint density at radius 1 is 1.32 bits per heavy atom. The molecule has 0 spiro atoms. The fraction of sp³-hybridized carbons (Fsp3) is 0.533. The van der Waals surface area contributed by atoms with Crippen LogP contribution in [0.4, 0.5) is 4.79 Å². The topological polar surface area (TPSA) is 60.8 Å². The number of rotatable bonds is 3. The fourth-order valence-electron chi connectivity index (χ4n) is 2.35. The molecule has 1 aromatic carbocycles. The van der Waals surface area contributed by atoms with Gasteiger partial charge in [-0.05, 0) is 40.2 Å². The van der Waals surface area contributed by atoms with E-state index < -0.39 is 23.8 Å². The van der Waals surface area contributed by atoms with Gasteiger partial charge in [0.05, 0.1) is 12.1 Å². The van der Waals surface area contributed by atoms with Crippen LogP contribution in [0.25, 0.3) is 0 Å². The Balaban J connectivity index is 3.03. The largest absolute Gasteiger partial charge is 0.465 e. The van der Waals surface area contributed by atoms with Crippen LogP contribution in [-0.4, -0.2) is 32.8 Å². The minimum Gasteiger partial charge on any atom is -0.465 e. The molecule has 0 aromatic heterocycles. The highest BCUT2D eigenvalue weighted by Gasteiger charge is 2.34. The number of hydrogen-bond acceptors (Lipinski definition) is 2. The molecule has 0 unspecified atom stereocenters. The molecule has 0 bridgehead atoms. The normalized spacial score (nSPS) is 14.8. The van der Waals surface area contributed by atoms with E-state index in [-0.39, 0.29) is 0 Å². The van der Waals surface area contributed by atoms with Crippen molar-refractivity contribution < 1.29 is 15.0 Å². The first kappa shape index (κ1) is 15.5. The van der Waals surface area contributed by atoms with Crippen LogP contribution in [0, 0.1) is 6.92 Å². The van der Waals surface area contributed by atoms with Crippen molar-refractivity contribution in [3.8, 4) is 0 Å². The predicted octanol–water partition coefficient (Wildman–Crippen LogP) is 3.20. The van der Waals surface area contributed by atoms with Crippen molar-refractivity contribution in [2.45, 2.75) is 52.3 Å². The summed E-state index contributed by atoms with van der Waals surface area (Å²) in [6.45, 7) is 9.13. The number of benzene rings is 1. The molecule has 4 heteroatoms. The van der Waals surface area contributed by atoms with Crippen molar-refractivity contribution >= 4 is 6.09 Å². The number of aliphatic hydroxyl groups excluding tert-OH is 1. The van der Waals surface area contributed by atoms with Gasteiger partial charge in [0.25, 0.3) is 0 Å². The molecular weight excluding hydrogens is 242 g/mol. The fourth-order valence-corrected chi connectivity index (χ4v) is 2.35. The molecule has 2 atom stereocenters. The Kier molecular flexibility index (Phi) is 4.58. The van der Waals surface area contributed by atoms with Crippen LogP contribution in [0.15, 0.2) is 24.3 Å². The van der Waals surface area contributed by atoms with Crippen LogP contribution in [0.2, 0.25) is 0 Å². The molecule has 2 N–H and O–H groups in total. The number of aryl methyl sites for hydroxylation is 1. The van der Waals surface area contributed by atoms with Crippen molar-refractivity contribution in [2.24, 2.45) is 0 Å². The average Bonchev–Trinajstić information content (AvgIpc) is 2.25. The quantitative estimate of drug-likeness (QED) is 0.882. The Labute approximate surface area is 114 Å². The third-order valence-corrected chi connectivity index (χ3v) is 3.18. The molecule has 0 aliphatic heterocycles. The Hall–Kier alpha value is -1.55. The first-order valence-corrected chi connectivity index (χ1v) is 6.41. The summed E-state index contributed by atoms with van der Waals surface area (Å²) in [7, 11) is 0. The van der Waals surface area contributed by atoms with Gasteiger partial charge in [0.15, 0.2) is 0 Å². The molecular formula is C15H23NO3. The van der Waals surface area contributed by atoms with Gasteiger partial charge in [-0.25, -0.2) is 4.79 Å². The summed E-state index contributed by atoms with van der Waals surface area (Å²) in [4.78, 5) is 12.7. The van der Waals surface area contributed by atoms with Gasteiger partial charge >= 0.3 is 6.09 Å². The van der Waals surface area contributed by atoms with Gasteiger partial charge in [0, 0.05) is 5.54 Å². The minimum atomic E-state index is -1.02. The summed E-state index contributed by atoms with van der Waals surface area (Å²) in [6.07, 6.45) is -1.86. The maximum absolute atomic E-state index is 11.4. The van der Waals surface area contributed by atoms with E-state index >= 15 is 0 Å². The Morgan fingerprint density at radius 3 is 2.32 bits per heavy atom. The molecule has 4 nitrogen and oxygen atoms in total. The summed E-state index contributed by atoms with van der Waals surface area (Å²) in [5, 5.41) is 19.7. The molecule has 0 aliphatic carbocycles. The average molecular weight is 265 g/mol. The lowest BCUT2D eigenvalue weighted by molar-refractivity contribution is 0.0141. The van der Waals surface area contributed by atoms with E-state index in [0.717, 1.165) is 11.1 Å². The summed E-state index contributed by atoms with van der Waals surface area (Å²) >= 11 is 0. The highest BCUT2D eigenvalue weighted by atomic mass is 16.4. The second-order valence-corrected chi connectivity index (χ2v) is 5.92. The second kappa shape index (κ2) is 5.61. The number of hydrogen-bond donors (Lipinski definition) is 2. The molecule has 0 fully saturated rings. The van der Waals surface area contributed by atoms with Crippen molar-refractivity contribution in [1.82, 2.24) is 4.90 Å². The summed E-state index contributed by atoms with van der Waals surface area (Å²) in [5.74, 6) is 0. The molecule has 0 saturated heterocycles. The highest BCUT2D eigenvalue weighted by Crippen LogP contribution is 2.27. The number of carbonyl (C=O) groups is 1. The van der Waals surface area contributed by atoms with Crippen molar-refractivity contribution in [2.75, 3.05) is 0 Å². The lowest BCUT2D eigenvalue weighted by atomic mass is 9.96. The number of amides is 1. The predicted molar refractivity (Wildman–Crippen MR) is 75.2 cm³/mol. The number of carboxylic acid groups (broad SMARTS) is 1. The molecule has 19 heavy (non-hydrogen) atoms. The molecule has 1 aromatic rings. The zero-order valence-corrected chi connectivity index (χ0v) is 12.2. The van der Waals surface area contributed by atoms with Gasteiger partial charge in [-0.3, -0.25) is 4.90 Å². The molecule has 0 heterocycles. The first-order valence-electron chi connectivity index (χ1n) is 6.41. The summed E-state index contributed by atoms with van der Waals surface area (Å²) in [5.41, 5.74) is 1.22. The molecule has 106 valence electrons. The van der Waals surface area contributed by atoms with Crippen molar-refractivity contribution in [3.05, 3.63) is 35.4 Å². The molecule has 0 radical (unpaired) electrons. The van der Waals surface area contributed by atoms with Crippen LogP contribution in [0.3, 0.4) is 0 Å². The number of nitrogens with zero attached hydrogens (tertiary/aromatic N) is 1. The number of aliphatic hydroxyl groups is 1. The van der Waals surface area contributed by atoms with E-state index in [0.29, 0.717) is 0 Å². The summed E-state index contributed by atoms with van der Waals surface area (Å²) in [6, 6.07) is 6.99.